The highest BCUT2D eigenvalue weighted by molar-refractivity contribution is 7.87. The van der Waals surface area contributed by atoms with E-state index in [4.69, 9.17) is 31.0 Å². The van der Waals surface area contributed by atoms with Crippen LogP contribution in [0.15, 0.2) is 65.8 Å². The third kappa shape index (κ3) is 5.48. The van der Waals surface area contributed by atoms with Crippen molar-refractivity contribution in [3.8, 4) is 16.9 Å². The Balaban J connectivity index is 1.83. The molecule has 4 rings (SSSR count). The molecule has 0 aliphatic carbocycles. The van der Waals surface area contributed by atoms with Crippen molar-refractivity contribution in [2.75, 3.05) is 20.8 Å². The van der Waals surface area contributed by atoms with E-state index in [0.29, 0.717) is 11.1 Å². The molecule has 1 aromatic heterocycles. The maximum absolute atomic E-state index is 14.6. The third-order valence-corrected chi connectivity index (χ3v) is 7.53. The monoisotopic (exact) mass is 590 g/mol. The van der Waals surface area contributed by atoms with Gasteiger partial charge in [-0.05, 0) is 41.0 Å². The van der Waals surface area contributed by atoms with E-state index in [9.17, 15) is 22.4 Å². The number of likely N-dealkylation sites (N-methyl/N-ethyl adjacent to an activating group) is 1. The molecule has 11 nitrogen and oxygen atoms in total. The van der Waals surface area contributed by atoms with E-state index >= 15 is 0 Å². The van der Waals surface area contributed by atoms with Crippen molar-refractivity contribution in [1.82, 2.24) is 9.88 Å². The standard InChI is InChI=1S/C26H24ClFN4O7S/c1-15(33)38-22(14-37-3)40(35,36)39-20-9-5-8-18(11-20)26(24(34)32(2)25(29)31-26)17-7-4-6-16(10-17)21-12-19(27)13-30-23(21)28/h4-13,22H,14H2,1-3H3,(H2,29,31). The van der Waals surface area contributed by atoms with Gasteiger partial charge in [0.15, 0.2) is 11.5 Å². The number of aliphatic imine (C=N–C) groups is 1. The highest BCUT2D eigenvalue weighted by atomic mass is 35.5. The van der Waals surface area contributed by atoms with Crippen LogP contribution in [0.25, 0.3) is 11.1 Å². The first-order valence-electron chi connectivity index (χ1n) is 11.6. The van der Waals surface area contributed by atoms with Crippen LogP contribution in [0.4, 0.5) is 4.39 Å². The largest absolute Gasteiger partial charge is 0.440 e. The van der Waals surface area contributed by atoms with Crippen LogP contribution in [0.1, 0.15) is 18.1 Å². The number of esters is 1. The smallest absolute Gasteiger partial charge is 0.350 e. The second-order valence-electron chi connectivity index (χ2n) is 8.72. The number of methoxy groups -OCH3 is 1. The molecule has 2 aromatic carbocycles. The molecular formula is C26H24ClFN4O7S. The lowest BCUT2D eigenvalue weighted by Gasteiger charge is -2.27. The predicted octanol–water partition coefficient (Wildman–Crippen LogP) is 2.82. The Labute approximate surface area is 234 Å². The number of nitrogens with zero attached hydrogens (tertiary/aromatic N) is 3. The molecule has 0 fully saturated rings. The molecule has 0 radical (unpaired) electrons. The number of hydrogen-bond acceptors (Lipinski definition) is 10. The minimum Gasteiger partial charge on any atom is -0.440 e. The van der Waals surface area contributed by atoms with Gasteiger partial charge in [-0.2, -0.15) is 12.8 Å². The zero-order valence-corrected chi connectivity index (χ0v) is 23.1. The summed E-state index contributed by atoms with van der Waals surface area (Å²) in [7, 11) is -1.86. The van der Waals surface area contributed by atoms with Gasteiger partial charge in [-0.25, -0.2) is 9.98 Å². The molecular weight excluding hydrogens is 567 g/mol. The van der Waals surface area contributed by atoms with E-state index in [1.165, 1.54) is 44.6 Å². The van der Waals surface area contributed by atoms with Gasteiger partial charge in [0.25, 0.3) is 11.3 Å². The number of benzene rings is 2. The van der Waals surface area contributed by atoms with Crippen LogP contribution in [0.3, 0.4) is 0 Å². The number of pyridine rings is 1. The summed E-state index contributed by atoms with van der Waals surface area (Å²) in [6.07, 6.45) is 1.17. The fourth-order valence-corrected chi connectivity index (χ4v) is 5.37. The van der Waals surface area contributed by atoms with Gasteiger partial charge in [0.05, 0.1) is 5.02 Å². The summed E-state index contributed by atoms with van der Waals surface area (Å²) in [5, 5.41) is 0.210. The van der Waals surface area contributed by atoms with Crippen LogP contribution in [0.5, 0.6) is 5.75 Å². The SMILES string of the molecule is COCC(OC(C)=O)S(=O)(=O)Oc1cccc(C2(c3cccc(-c4cc(Cl)cnc4F)c3)N=C(N)N(C)C2=O)c1. The van der Waals surface area contributed by atoms with Crippen LogP contribution < -0.4 is 9.92 Å². The number of nitrogens with two attached hydrogens (primary N) is 1. The number of amides is 1. The van der Waals surface area contributed by atoms with E-state index in [0.717, 1.165) is 11.8 Å². The average molecular weight is 591 g/mol. The Bertz CT molecular complexity index is 1620. The summed E-state index contributed by atoms with van der Waals surface area (Å²) in [6, 6.07) is 13.4. The number of rotatable bonds is 9. The second kappa shape index (κ2) is 11.2. The summed E-state index contributed by atoms with van der Waals surface area (Å²) < 4.78 is 55.3. The Hall–Kier alpha value is -4.07. The van der Waals surface area contributed by atoms with E-state index in [2.05, 4.69) is 9.98 Å². The number of ether oxygens (including phenoxy) is 2. The maximum atomic E-state index is 14.6. The van der Waals surface area contributed by atoms with Gasteiger partial charge < -0.3 is 19.4 Å². The molecule has 2 N–H and O–H groups in total. The van der Waals surface area contributed by atoms with Crippen LogP contribution in [-0.2, 0) is 34.7 Å². The summed E-state index contributed by atoms with van der Waals surface area (Å²) >= 11 is 6.03. The summed E-state index contributed by atoms with van der Waals surface area (Å²) in [4.78, 5) is 34.4. The fourth-order valence-electron chi connectivity index (χ4n) is 4.18. The van der Waals surface area contributed by atoms with Gasteiger partial charge in [0.2, 0.25) is 5.95 Å². The Morgan fingerprint density at radius 1 is 1.18 bits per heavy atom. The predicted molar refractivity (Wildman–Crippen MR) is 143 cm³/mol. The van der Waals surface area contributed by atoms with E-state index in [1.807, 2.05) is 0 Å². The van der Waals surface area contributed by atoms with Gasteiger partial charge in [-0.1, -0.05) is 41.9 Å². The zero-order chi connectivity index (χ0) is 29.2. The van der Waals surface area contributed by atoms with Crippen LogP contribution >= 0.6 is 11.6 Å². The van der Waals surface area contributed by atoms with Crippen LogP contribution in [0, 0.1) is 5.95 Å². The van der Waals surface area contributed by atoms with Crippen molar-refractivity contribution in [3.05, 3.63) is 82.9 Å². The van der Waals surface area contributed by atoms with E-state index in [-0.39, 0.29) is 27.9 Å². The Kier molecular flexibility index (Phi) is 8.10. The first kappa shape index (κ1) is 28.9. The molecule has 1 aliphatic rings. The van der Waals surface area contributed by atoms with Crippen molar-refractivity contribution in [2.24, 2.45) is 10.7 Å². The number of aromatic nitrogens is 1. The van der Waals surface area contributed by atoms with Crippen molar-refractivity contribution in [3.63, 3.8) is 0 Å². The molecule has 1 aliphatic heterocycles. The summed E-state index contributed by atoms with van der Waals surface area (Å²) in [5.74, 6) is -2.46. The number of carbonyl (C=O) groups is 2. The molecule has 0 saturated carbocycles. The summed E-state index contributed by atoms with van der Waals surface area (Å²) in [5.41, 5.74) is 3.50. The first-order valence-corrected chi connectivity index (χ1v) is 13.5. The number of halogens is 2. The molecule has 210 valence electrons. The maximum Gasteiger partial charge on any atom is 0.350 e. The van der Waals surface area contributed by atoms with E-state index < -0.39 is 45.5 Å². The molecule has 2 heterocycles. The lowest BCUT2D eigenvalue weighted by molar-refractivity contribution is -0.144. The normalized spacial score (nSPS) is 17.9. The van der Waals surface area contributed by atoms with Gasteiger partial charge >= 0.3 is 16.1 Å². The molecule has 14 heteroatoms. The molecule has 1 amide bonds. The third-order valence-electron chi connectivity index (χ3n) is 6.02. The minimum atomic E-state index is -4.53. The molecule has 2 unspecified atom stereocenters. The number of guanidine groups is 1. The van der Waals surface area contributed by atoms with Crippen molar-refractivity contribution in [1.29, 1.82) is 0 Å². The fraction of sp³-hybridized carbons (Fsp3) is 0.231. The second-order valence-corrected chi connectivity index (χ2v) is 10.8. The van der Waals surface area contributed by atoms with Crippen LogP contribution in [-0.4, -0.2) is 62.3 Å². The first-order chi connectivity index (χ1) is 18.9. The summed E-state index contributed by atoms with van der Waals surface area (Å²) in [6.45, 7) is 0.573. The molecule has 0 saturated heterocycles. The highest BCUT2D eigenvalue weighted by Gasteiger charge is 2.50. The zero-order valence-electron chi connectivity index (χ0n) is 21.5. The van der Waals surface area contributed by atoms with Gasteiger partial charge in [-0.3, -0.25) is 14.5 Å². The Morgan fingerprint density at radius 2 is 1.85 bits per heavy atom. The van der Waals surface area contributed by atoms with Crippen molar-refractivity contribution < 1.29 is 36.1 Å². The Morgan fingerprint density at radius 3 is 2.48 bits per heavy atom. The minimum absolute atomic E-state index is 0.0954. The van der Waals surface area contributed by atoms with Gasteiger partial charge in [-0.15, -0.1) is 0 Å². The number of carbonyl (C=O) groups excluding carboxylic acids is 2. The topological polar surface area (TPSA) is 150 Å². The lowest BCUT2D eigenvalue weighted by Crippen LogP contribution is -2.41. The highest BCUT2D eigenvalue weighted by Crippen LogP contribution is 2.42. The molecule has 40 heavy (non-hydrogen) atoms. The molecule has 3 aromatic rings. The molecule has 0 spiro atoms. The van der Waals surface area contributed by atoms with Crippen molar-refractivity contribution >= 4 is 39.6 Å². The quantitative estimate of drug-likeness (QED) is 0.225. The average Bonchev–Trinajstić information content (AvgIpc) is 3.14. The number of hydrogen-bond donors (Lipinski definition) is 1. The van der Waals surface area contributed by atoms with Crippen molar-refractivity contribution in [2.45, 2.75) is 17.9 Å². The van der Waals surface area contributed by atoms with Crippen LogP contribution in [0.2, 0.25) is 5.02 Å². The van der Waals surface area contributed by atoms with Gasteiger partial charge in [0, 0.05) is 32.8 Å². The van der Waals surface area contributed by atoms with E-state index in [1.54, 1.807) is 30.3 Å². The van der Waals surface area contributed by atoms with Gasteiger partial charge in [0.1, 0.15) is 12.4 Å². The molecule has 0 bridgehead atoms. The molecule has 2 atom stereocenters. The lowest BCUT2D eigenvalue weighted by atomic mass is 9.81.